The molecule has 3 nitrogen and oxygen atoms in total. The third-order valence-electron chi connectivity index (χ3n) is 3.13. The Hall–Kier alpha value is -2.55. The summed E-state index contributed by atoms with van der Waals surface area (Å²) < 4.78 is 5.74. The van der Waals surface area contributed by atoms with Crippen LogP contribution in [0.3, 0.4) is 0 Å². The number of fused-ring (bicyclic) bond motifs is 1. The predicted octanol–water partition coefficient (Wildman–Crippen LogP) is 3.47. The second-order valence-corrected chi connectivity index (χ2v) is 4.43. The van der Waals surface area contributed by atoms with Gasteiger partial charge in [0, 0.05) is 5.56 Å². The smallest absolute Gasteiger partial charge is 0.235 e. The molecule has 0 aliphatic rings. The first-order valence-corrected chi connectivity index (χ1v) is 5.99. The van der Waals surface area contributed by atoms with Crippen LogP contribution in [-0.2, 0) is 0 Å². The molecule has 3 heteroatoms. The van der Waals surface area contributed by atoms with Crippen LogP contribution in [0.15, 0.2) is 57.7 Å². The van der Waals surface area contributed by atoms with Crippen molar-refractivity contribution in [1.29, 1.82) is 0 Å². The fourth-order valence-electron chi connectivity index (χ4n) is 2.13. The molecule has 0 atom stereocenters. The summed E-state index contributed by atoms with van der Waals surface area (Å²) >= 11 is 0. The van der Waals surface area contributed by atoms with Crippen molar-refractivity contribution < 1.29 is 9.52 Å². The highest BCUT2D eigenvalue weighted by atomic mass is 16.4. The lowest BCUT2D eigenvalue weighted by Gasteiger charge is -2.07. The average molecular weight is 252 g/mol. The summed E-state index contributed by atoms with van der Waals surface area (Å²) in [5.74, 6) is -0.128. The number of hydrogen-bond acceptors (Lipinski definition) is 3. The van der Waals surface area contributed by atoms with Gasteiger partial charge in [-0.2, -0.15) is 0 Å². The van der Waals surface area contributed by atoms with Crippen LogP contribution in [0.1, 0.15) is 5.56 Å². The Morgan fingerprint density at radius 1 is 1.00 bits per heavy atom. The van der Waals surface area contributed by atoms with Crippen LogP contribution in [0.5, 0.6) is 5.75 Å². The van der Waals surface area contributed by atoms with Gasteiger partial charge in [0.15, 0.2) is 5.76 Å². The standard InChI is InChI=1S/C16H12O3/c1-10-6-5-9-12-13(17)14(18)16(19-15(10)12)11-7-3-2-4-8-11/h2-9,18H,1H3. The molecule has 1 N–H and O–H groups in total. The van der Waals surface area contributed by atoms with Crippen molar-refractivity contribution in [2.45, 2.75) is 6.92 Å². The second kappa shape index (κ2) is 4.28. The maximum Gasteiger partial charge on any atom is 0.235 e. The highest BCUT2D eigenvalue weighted by Gasteiger charge is 2.15. The molecule has 94 valence electrons. The van der Waals surface area contributed by atoms with E-state index in [9.17, 15) is 9.90 Å². The van der Waals surface area contributed by atoms with Gasteiger partial charge in [0.1, 0.15) is 5.58 Å². The van der Waals surface area contributed by atoms with Crippen molar-refractivity contribution in [3.63, 3.8) is 0 Å². The van der Waals surface area contributed by atoms with Crippen LogP contribution in [0.2, 0.25) is 0 Å². The van der Waals surface area contributed by atoms with Crippen LogP contribution in [0, 0.1) is 6.92 Å². The van der Waals surface area contributed by atoms with E-state index in [-0.39, 0.29) is 11.5 Å². The zero-order valence-electron chi connectivity index (χ0n) is 10.4. The summed E-state index contributed by atoms with van der Waals surface area (Å²) in [7, 11) is 0. The molecule has 1 heterocycles. The van der Waals surface area contributed by atoms with Gasteiger partial charge in [-0.1, -0.05) is 42.5 Å². The number of aryl methyl sites for hydroxylation is 1. The largest absolute Gasteiger partial charge is 0.502 e. The molecule has 0 saturated carbocycles. The van der Waals surface area contributed by atoms with Gasteiger partial charge in [-0.15, -0.1) is 0 Å². The monoisotopic (exact) mass is 252 g/mol. The van der Waals surface area contributed by atoms with E-state index in [1.54, 1.807) is 24.3 Å². The Balaban J connectivity index is 2.42. The third-order valence-corrected chi connectivity index (χ3v) is 3.13. The zero-order valence-corrected chi connectivity index (χ0v) is 10.4. The first kappa shape index (κ1) is 11.5. The third kappa shape index (κ3) is 1.80. The van der Waals surface area contributed by atoms with E-state index in [1.807, 2.05) is 31.2 Å². The van der Waals surface area contributed by atoms with Crippen LogP contribution in [0.4, 0.5) is 0 Å². The molecule has 0 aliphatic carbocycles. The summed E-state index contributed by atoms with van der Waals surface area (Å²) in [4.78, 5) is 12.2. The van der Waals surface area contributed by atoms with E-state index in [1.165, 1.54) is 0 Å². The fraction of sp³-hybridized carbons (Fsp3) is 0.0625. The van der Waals surface area contributed by atoms with E-state index in [4.69, 9.17) is 4.42 Å². The Morgan fingerprint density at radius 3 is 2.47 bits per heavy atom. The summed E-state index contributed by atoms with van der Waals surface area (Å²) in [5.41, 5.74) is 1.67. The van der Waals surface area contributed by atoms with Gasteiger partial charge >= 0.3 is 0 Å². The van der Waals surface area contributed by atoms with Gasteiger partial charge in [0.2, 0.25) is 11.2 Å². The van der Waals surface area contributed by atoms with Gasteiger partial charge in [-0.3, -0.25) is 4.79 Å². The molecule has 0 aliphatic heterocycles. The van der Waals surface area contributed by atoms with Crippen LogP contribution < -0.4 is 5.43 Å². The van der Waals surface area contributed by atoms with Gasteiger partial charge in [-0.25, -0.2) is 0 Å². The van der Waals surface area contributed by atoms with Crippen molar-refractivity contribution >= 4 is 11.0 Å². The van der Waals surface area contributed by atoms with Crippen molar-refractivity contribution in [2.24, 2.45) is 0 Å². The lowest BCUT2D eigenvalue weighted by molar-refractivity contribution is 0.449. The Bertz CT molecular complexity index is 801. The number of aromatic hydroxyl groups is 1. The number of rotatable bonds is 1. The van der Waals surface area contributed by atoms with Crippen LogP contribution in [0.25, 0.3) is 22.3 Å². The highest BCUT2D eigenvalue weighted by molar-refractivity contribution is 5.84. The molecule has 3 rings (SSSR count). The molecule has 0 spiro atoms. The van der Waals surface area contributed by atoms with Gasteiger partial charge in [0.05, 0.1) is 5.39 Å². The van der Waals surface area contributed by atoms with Gasteiger partial charge < -0.3 is 9.52 Å². The molecule has 0 radical (unpaired) electrons. The molecule has 3 aromatic rings. The van der Waals surface area contributed by atoms with Gasteiger partial charge in [0.25, 0.3) is 0 Å². The summed E-state index contributed by atoms with van der Waals surface area (Å²) in [6.45, 7) is 1.87. The first-order chi connectivity index (χ1) is 9.18. The maximum absolute atomic E-state index is 12.2. The quantitative estimate of drug-likeness (QED) is 0.721. The van der Waals surface area contributed by atoms with Crippen LogP contribution in [-0.4, -0.2) is 5.11 Å². The SMILES string of the molecule is Cc1cccc2c(=O)c(O)c(-c3ccccc3)oc12. The molecule has 0 fully saturated rings. The first-order valence-electron chi connectivity index (χ1n) is 5.99. The number of para-hydroxylation sites is 1. The van der Waals surface area contributed by atoms with E-state index in [2.05, 4.69) is 0 Å². The summed E-state index contributed by atoms with van der Waals surface area (Å²) in [6.07, 6.45) is 0. The van der Waals surface area contributed by atoms with Crippen molar-refractivity contribution in [2.75, 3.05) is 0 Å². The Labute approximate surface area is 109 Å². The van der Waals surface area contributed by atoms with Crippen molar-refractivity contribution in [3.05, 3.63) is 64.3 Å². The predicted molar refractivity (Wildman–Crippen MR) is 74.3 cm³/mol. The number of hydrogen-bond donors (Lipinski definition) is 1. The molecular weight excluding hydrogens is 240 g/mol. The van der Waals surface area contributed by atoms with E-state index < -0.39 is 5.43 Å². The molecule has 0 bridgehead atoms. The summed E-state index contributed by atoms with van der Waals surface area (Å²) in [6, 6.07) is 14.4. The van der Waals surface area contributed by atoms with Crippen LogP contribution >= 0.6 is 0 Å². The maximum atomic E-state index is 12.2. The fourth-order valence-corrected chi connectivity index (χ4v) is 2.13. The minimum absolute atomic E-state index is 0.215. The minimum atomic E-state index is -0.399. The Morgan fingerprint density at radius 2 is 1.74 bits per heavy atom. The number of benzene rings is 2. The highest BCUT2D eigenvalue weighted by Crippen LogP contribution is 2.30. The zero-order chi connectivity index (χ0) is 13.4. The molecule has 0 unspecified atom stereocenters. The van der Waals surface area contributed by atoms with Gasteiger partial charge in [-0.05, 0) is 18.6 Å². The minimum Gasteiger partial charge on any atom is -0.502 e. The normalized spacial score (nSPS) is 10.8. The average Bonchev–Trinajstić information content (AvgIpc) is 2.44. The molecule has 19 heavy (non-hydrogen) atoms. The molecule has 2 aromatic carbocycles. The summed E-state index contributed by atoms with van der Waals surface area (Å²) in [5, 5.41) is 10.4. The van der Waals surface area contributed by atoms with E-state index in [0.29, 0.717) is 16.5 Å². The lowest BCUT2D eigenvalue weighted by Crippen LogP contribution is -2.03. The van der Waals surface area contributed by atoms with E-state index >= 15 is 0 Å². The molecule has 0 amide bonds. The van der Waals surface area contributed by atoms with Crippen molar-refractivity contribution in [1.82, 2.24) is 0 Å². The van der Waals surface area contributed by atoms with E-state index in [0.717, 1.165) is 5.56 Å². The topological polar surface area (TPSA) is 50.4 Å². The van der Waals surface area contributed by atoms with Crippen molar-refractivity contribution in [3.8, 4) is 17.1 Å². The lowest BCUT2D eigenvalue weighted by atomic mass is 10.1. The molecule has 0 saturated heterocycles. The molecular formula is C16H12O3. The second-order valence-electron chi connectivity index (χ2n) is 4.43. The Kier molecular flexibility index (Phi) is 2.60. The molecule has 1 aromatic heterocycles.